The number of anilines is 2. The first-order valence-electron chi connectivity index (χ1n) is 8.81. The van der Waals surface area contributed by atoms with Crippen LogP contribution in [0.5, 0.6) is 0 Å². The number of hydrogen-bond acceptors (Lipinski definition) is 3. The topological polar surface area (TPSA) is 66.5 Å². The molecule has 0 saturated carbocycles. The summed E-state index contributed by atoms with van der Waals surface area (Å²) in [6.45, 7) is 4.06. The Morgan fingerprint density at radius 1 is 0.962 bits per heavy atom. The van der Waals surface area contributed by atoms with Gasteiger partial charge in [0.25, 0.3) is 0 Å². The van der Waals surface area contributed by atoms with E-state index >= 15 is 0 Å². The standard InChI is InChI=1S/C20H26N2O3S/c1-4-16-10-9-11-17(5-2)20(16)21-19(23)14-15-26(24,25)22(3)18-12-7-6-8-13-18/h6-13H,4-5,14-15H2,1-3H3,(H,21,23). The van der Waals surface area contributed by atoms with E-state index < -0.39 is 10.0 Å². The van der Waals surface area contributed by atoms with Crippen LogP contribution in [0.15, 0.2) is 48.5 Å². The molecule has 2 aromatic rings. The van der Waals surface area contributed by atoms with E-state index in [2.05, 4.69) is 5.32 Å². The first-order valence-corrected chi connectivity index (χ1v) is 10.4. The lowest BCUT2D eigenvalue weighted by molar-refractivity contribution is -0.115. The van der Waals surface area contributed by atoms with Gasteiger partial charge in [0.1, 0.15) is 0 Å². The molecule has 2 aromatic carbocycles. The molecule has 0 aromatic heterocycles. The summed E-state index contributed by atoms with van der Waals surface area (Å²) in [6, 6.07) is 14.8. The van der Waals surface area contributed by atoms with E-state index in [0.29, 0.717) is 5.69 Å². The van der Waals surface area contributed by atoms with Crippen LogP contribution in [0.25, 0.3) is 0 Å². The monoisotopic (exact) mass is 374 g/mol. The van der Waals surface area contributed by atoms with Crippen molar-refractivity contribution >= 4 is 27.3 Å². The van der Waals surface area contributed by atoms with Gasteiger partial charge in [-0.1, -0.05) is 50.2 Å². The number of hydrogen-bond donors (Lipinski definition) is 1. The second-order valence-electron chi connectivity index (χ2n) is 6.08. The van der Waals surface area contributed by atoms with E-state index in [0.717, 1.165) is 29.7 Å². The van der Waals surface area contributed by atoms with Gasteiger partial charge >= 0.3 is 0 Å². The number of sulfonamides is 1. The zero-order valence-corrected chi connectivity index (χ0v) is 16.3. The molecule has 0 aliphatic heterocycles. The number of carbonyl (C=O) groups is 1. The molecule has 0 spiro atoms. The summed E-state index contributed by atoms with van der Waals surface area (Å²) in [5.41, 5.74) is 3.51. The number of aryl methyl sites for hydroxylation is 2. The van der Waals surface area contributed by atoms with Crippen molar-refractivity contribution in [3.8, 4) is 0 Å². The normalized spacial score (nSPS) is 11.2. The molecule has 0 atom stereocenters. The second kappa shape index (κ2) is 8.85. The number of rotatable bonds is 8. The molecule has 1 amide bonds. The van der Waals surface area contributed by atoms with Gasteiger partial charge in [-0.3, -0.25) is 9.10 Å². The molecule has 26 heavy (non-hydrogen) atoms. The van der Waals surface area contributed by atoms with Crippen LogP contribution in [0.3, 0.4) is 0 Å². The van der Waals surface area contributed by atoms with Crippen molar-refractivity contribution in [3.05, 3.63) is 59.7 Å². The third kappa shape index (κ3) is 4.85. The summed E-state index contributed by atoms with van der Waals surface area (Å²) in [4.78, 5) is 12.4. The minimum atomic E-state index is -3.56. The lowest BCUT2D eigenvalue weighted by atomic mass is 10.0. The molecule has 5 nitrogen and oxygen atoms in total. The fourth-order valence-corrected chi connectivity index (χ4v) is 3.92. The lowest BCUT2D eigenvalue weighted by Crippen LogP contribution is -2.30. The second-order valence-corrected chi connectivity index (χ2v) is 8.20. The molecule has 0 bridgehead atoms. The summed E-state index contributed by atoms with van der Waals surface area (Å²) >= 11 is 0. The van der Waals surface area contributed by atoms with Gasteiger partial charge in [-0.05, 0) is 36.1 Å². The Bertz CT molecular complexity index is 826. The largest absolute Gasteiger partial charge is 0.326 e. The molecular formula is C20H26N2O3S. The van der Waals surface area contributed by atoms with Crippen LogP contribution >= 0.6 is 0 Å². The quantitative estimate of drug-likeness (QED) is 0.768. The lowest BCUT2D eigenvalue weighted by Gasteiger charge is -2.19. The van der Waals surface area contributed by atoms with E-state index in [1.54, 1.807) is 24.3 Å². The number of para-hydroxylation sites is 2. The Balaban J connectivity index is 2.05. The van der Waals surface area contributed by atoms with Crippen molar-refractivity contribution in [2.45, 2.75) is 33.1 Å². The van der Waals surface area contributed by atoms with Gasteiger partial charge in [-0.2, -0.15) is 0 Å². The third-order valence-corrected chi connectivity index (χ3v) is 6.15. The van der Waals surface area contributed by atoms with Crippen LogP contribution < -0.4 is 9.62 Å². The van der Waals surface area contributed by atoms with Crippen molar-refractivity contribution in [3.63, 3.8) is 0 Å². The van der Waals surface area contributed by atoms with Crippen LogP contribution in [0, 0.1) is 0 Å². The van der Waals surface area contributed by atoms with Gasteiger partial charge in [0.15, 0.2) is 0 Å². The molecular weight excluding hydrogens is 348 g/mol. The molecule has 1 N–H and O–H groups in total. The average molecular weight is 375 g/mol. The first-order chi connectivity index (χ1) is 12.4. The molecule has 0 unspecified atom stereocenters. The Labute approximate surface area is 156 Å². The number of carbonyl (C=O) groups excluding carboxylic acids is 1. The minimum absolute atomic E-state index is 0.0826. The smallest absolute Gasteiger partial charge is 0.235 e. The highest BCUT2D eigenvalue weighted by Crippen LogP contribution is 2.23. The Kier molecular flexibility index (Phi) is 6.80. The third-order valence-electron chi connectivity index (χ3n) is 4.39. The van der Waals surface area contributed by atoms with E-state index in [9.17, 15) is 13.2 Å². The van der Waals surface area contributed by atoms with E-state index in [-0.39, 0.29) is 18.1 Å². The summed E-state index contributed by atoms with van der Waals surface area (Å²) in [6.07, 6.45) is 1.53. The first kappa shape index (κ1) is 20.0. The van der Waals surface area contributed by atoms with Gasteiger partial charge in [0.05, 0.1) is 11.4 Å². The summed E-state index contributed by atoms with van der Waals surface area (Å²) < 4.78 is 26.2. The van der Waals surface area contributed by atoms with Gasteiger partial charge in [-0.15, -0.1) is 0 Å². The maximum Gasteiger partial charge on any atom is 0.235 e. The molecule has 0 aliphatic carbocycles. The van der Waals surface area contributed by atoms with Gasteiger partial charge in [0, 0.05) is 19.2 Å². The highest BCUT2D eigenvalue weighted by atomic mass is 32.2. The van der Waals surface area contributed by atoms with Gasteiger partial charge < -0.3 is 5.32 Å². The van der Waals surface area contributed by atoms with Gasteiger partial charge in [-0.25, -0.2) is 8.42 Å². The van der Waals surface area contributed by atoms with Crippen molar-refractivity contribution in [2.24, 2.45) is 0 Å². The maximum atomic E-state index is 12.5. The number of benzene rings is 2. The SMILES string of the molecule is CCc1cccc(CC)c1NC(=O)CCS(=O)(=O)N(C)c1ccccc1. The van der Waals surface area contributed by atoms with Crippen molar-refractivity contribution in [1.29, 1.82) is 0 Å². The summed E-state index contributed by atoms with van der Waals surface area (Å²) in [5.74, 6) is -0.523. The molecule has 0 saturated heterocycles. The zero-order valence-electron chi connectivity index (χ0n) is 15.5. The minimum Gasteiger partial charge on any atom is -0.326 e. The predicted molar refractivity (Wildman–Crippen MR) is 107 cm³/mol. The molecule has 0 radical (unpaired) electrons. The summed E-state index contributed by atoms with van der Waals surface area (Å²) in [7, 11) is -2.06. The average Bonchev–Trinajstić information content (AvgIpc) is 2.66. The molecule has 6 heteroatoms. The molecule has 0 heterocycles. The molecule has 0 fully saturated rings. The van der Waals surface area contributed by atoms with Crippen LogP contribution in [0.2, 0.25) is 0 Å². The Morgan fingerprint density at radius 2 is 1.54 bits per heavy atom. The van der Waals surface area contributed by atoms with E-state index in [4.69, 9.17) is 0 Å². The zero-order chi connectivity index (χ0) is 19.2. The van der Waals surface area contributed by atoms with Crippen LogP contribution in [0.1, 0.15) is 31.4 Å². The fourth-order valence-electron chi connectivity index (χ4n) is 2.76. The summed E-state index contributed by atoms with van der Waals surface area (Å²) in [5, 5.41) is 2.91. The van der Waals surface area contributed by atoms with Crippen molar-refractivity contribution in [1.82, 2.24) is 0 Å². The van der Waals surface area contributed by atoms with Crippen LogP contribution in [0.4, 0.5) is 11.4 Å². The highest BCUT2D eigenvalue weighted by Gasteiger charge is 2.20. The Morgan fingerprint density at radius 3 is 2.08 bits per heavy atom. The van der Waals surface area contributed by atoms with Gasteiger partial charge in [0.2, 0.25) is 15.9 Å². The maximum absolute atomic E-state index is 12.5. The fraction of sp³-hybridized carbons (Fsp3) is 0.350. The number of nitrogens with zero attached hydrogens (tertiary/aromatic N) is 1. The molecule has 140 valence electrons. The predicted octanol–water partition coefficient (Wildman–Crippen LogP) is 3.61. The molecule has 2 rings (SSSR count). The Hall–Kier alpha value is -2.34. The van der Waals surface area contributed by atoms with E-state index in [1.807, 2.05) is 38.1 Å². The van der Waals surface area contributed by atoms with Crippen molar-refractivity contribution in [2.75, 3.05) is 22.4 Å². The van der Waals surface area contributed by atoms with E-state index in [1.165, 1.54) is 11.4 Å². The molecule has 0 aliphatic rings. The highest BCUT2D eigenvalue weighted by molar-refractivity contribution is 7.92. The van der Waals surface area contributed by atoms with Crippen LogP contribution in [-0.4, -0.2) is 27.1 Å². The number of amides is 1. The van der Waals surface area contributed by atoms with Crippen LogP contribution in [-0.2, 0) is 27.7 Å². The van der Waals surface area contributed by atoms with Crippen molar-refractivity contribution < 1.29 is 13.2 Å². The number of nitrogens with one attached hydrogen (secondary N) is 1.